The molecule has 2 unspecified atom stereocenters. The number of hydrogen-bond donors (Lipinski definition) is 7. The summed E-state index contributed by atoms with van der Waals surface area (Å²) >= 11 is 0. The highest BCUT2D eigenvalue weighted by molar-refractivity contribution is 5.85. The monoisotopic (exact) mass is 832 g/mol. The van der Waals surface area contributed by atoms with E-state index in [0.717, 1.165) is 57.8 Å². The highest BCUT2D eigenvalue weighted by atomic mass is 16.5. The summed E-state index contributed by atoms with van der Waals surface area (Å²) in [5.41, 5.74) is 0. The van der Waals surface area contributed by atoms with Gasteiger partial charge in [-0.15, -0.1) is 0 Å². The van der Waals surface area contributed by atoms with E-state index in [1.165, 1.54) is 19.8 Å². The van der Waals surface area contributed by atoms with Crippen LogP contribution in [0.4, 0.5) is 0 Å². The first-order chi connectivity index (χ1) is 27.8. The zero-order valence-corrected chi connectivity index (χ0v) is 34.2. The minimum atomic E-state index is -1.24. The van der Waals surface area contributed by atoms with Gasteiger partial charge in [-0.3, -0.25) is 24.0 Å². The van der Waals surface area contributed by atoms with Gasteiger partial charge >= 0.3 is 17.9 Å². The number of nitrogens with one attached hydrogen (secondary N) is 4. The number of hydrogen-bond acceptors (Lipinski definition) is 12. The van der Waals surface area contributed by atoms with E-state index >= 15 is 0 Å². The van der Waals surface area contributed by atoms with Crippen molar-refractivity contribution in [1.29, 1.82) is 0 Å². The lowest BCUT2D eigenvalue weighted by Crippen LogP contribution is -2.42. The molecule has 0 aromatic heterocycles. The average molecular weight is 833 g/mol. The molecule has 0 saturated carbocycles. The normalized spacial score (nSPS) is 11.9. The van der Waals surface area contributed by atoms with Crippen LogP contribution < -0.4 is 21.3 Å². The molecule has 0 aliphatic rings. The summed E-state index contributed by atoms with van der Waals surface area (Å²) in [5, 5.41) is 37.3. The number of carbonyl (C=O) groups excluding carboxylic acids is 5. The summed E-state index contributed by atoms with van der Waals surface area (Å²) < 4.78 is 21.0. The van der Waals surface area contributed by atoms with Crippen LogP contribution in [-0.4, -0.2) is 141 Å². The number of ketones is 1. The van der Waals surface area contributed by atoms with E-state index in [1.54, 1.807) is 0 Å². The number of Topliss-reactive ketones (excluding diaryl/α,β-unsaturated/α-hetero) is 1. The molecule has 0 bridgehead atoms. The van der Waals surface area contributed by atoms with Crippen molar-refractivity contribution in [2.24, 2.45) is 0 Å². The highest BCUT2D eigenvalue weighted by Crippen LogP contribution is 2.13. The number of amides is 4. The minimum Gasteiger partial charge on any atom is -0.481 e. The van der Waals surface area contributed by atoms with Gasteiger partial charge in [0.15, 0.2) is 0 Å². The quantitative estimate of drug-likeness (QED) is 0.0435. The van der Waals surface area contributed by atoms with Gasteiger partial charge < -0.3 is 60.3 Å². The molecule has 19 heteroatoms. The SMILES string of the molecule is CC(=O)CCC(NC(=O)COCCOCCNC(=O)COCCOCCNC(=O)CCC(NC(=O)CCCCCCCCCCCCCCC(=O)O)C(=O)O)C(=O)O. The van der Waals surface area contributed by atoms with E-state index < -0.39 is 35.9 Å². The summed E-state index contributed by atoms with van der Waals surface area (Å²) in [5.74, 6) is -5.07. The van der Waals surface area contributed by atoms with Gasteiger partial charge in [0.1, 0.15) is 31.1 Å². The van der Waals surface area contributed by atoms with Crippen LogP contribution in [0.1, 0.15) is 122 Å². The second-order valence-corrected chi connectivity index (χ2v) is 13.9. The fraction of sp³-hybridized carbons (Fsp3) is 0.795. The molecule has 334 valence electrons. The molecular weight excluding hydrogens is 764 g/mol. The van der Waals surface area contributed by atoms with E-state index in [4.69, 9.17) is 29.2 Å². The Kier molecular flexibility index (Phi) is 34.4. The van der Waals surface area contributed by atoms with Gasteiger partial charge in [0.05, 0.1) is 39.6 Å². The Bertz CT molecular complexity index is 1200. The van der Waals surface area contributed by atoms with Crippen LogP contribution in [0.5, 0.6) is 0 Å². The van der Waals surface area contributed by atoms with Crippen LogP contribution in [-0.2, 0) is 57.3 Å². The molecule has 0 aromatic rings. The lowest BCUT2D eigenvalue weighted by molar-refractivity contribution is -0.143. The maximum Gasteiger partial charge on any atom is 0.326 e. The summed E-state index contributed by atoms with van der Waals surface area (Å²) in [7, 11) is 0. The summed E-state index contributed by atoms with van der Waals surface area (Å²) in [6, 6.07) is -2.33. The van der Waals surface area contributed by atoms with Gasteiger partial charge in [0, 0.05) is 38.8 Å². The number of carboxylic acid groups (broad SMARTS) is 3. The molecule has 7 N–H and O–H groups in total. The van der Waals surface area contributed by atoms with Crippen LogP contribution >= 0.6 is 0 Å². The Labute approximate surface area is 341 Å². The third kappa shape index (κ3) is 36.2. The van der Waals surface area contributed by atoms with Gasteiger partial charge in [0.2, 0.25) is 23.6 Å². The zero-order chi connectivity index (χ0) is 43.2. The summed E-state index contributed by atoms with van der Waals surface area (Å²) in [6.45, 7) is 2.02. The van der Waals surface area contributed by atoms with Gasteiger partial charge in [-0.05, 0) is 32.6 Å². The number of carboxylic acids is 3. The van der Waals surface area contributed by atoms with Crippen molar-refractivity contribution >= 4 is 47.3 Å². The Hall–Kier alpha value is -4.20. The number of aliphatic carboxylic acids is 3. The Morgan fingerprint density at radius 3 is 1.29 bits per heavy atom. The number of ether oxygens (including phenoxy) is 4. The number of rotatable bonds is 41. The molecule has 0 spiro atoms. The topological polar surface area (TPSA) is 282 Å². The maximum atomic E-state index is 12.3. The maximum absolute atomic E-state index is 12.3. The van der Waals surface area contributed by atoms with Crippen molar-refractivity contribution in [2.45, 2.75) is 135 Å². The predicted octanol–water partition coefficient (Wildman–Crippen LogP) is 2.12. The van der Waals surface area contributed by atoms with E-state index in [-0.39, 0.29) is 128 Å². The van der Waals surface area contributed by atoms with Gasteiger partial charge in [-0.25, -0.2) is 9.59 Å². The molecule has 0 aromatic carbocycles. The van der Waals surface area contributed by atoms with E-state index in [9.17, 15) is 43.5 Å². The van der Waals surface area contributed by atoms with E-state index in [1.807, 2.05) is 0 Å². The van der Waals surface area contributed by atoms with Crippen molar-refractivity contribution in [3.05, 3.63) is 0 Å². The first-order valence-electron chi connectivity index (χ1n) is 20.4. The van der Waals surface area contributed by atoms with Crippen molar-refractivity contribution in [2.75, 3.05) is 65.9 Å². The molecule has 0 radical (unpaired) electrons. The third-order valence-corrected chi connectivity index (χ3v) is 8.60. The fourth-order valence-electron chi connectivity index (χ4n) is 5.40. The molecule has 0 heterocycles. The first-order valence-corrected chi connectivity index (χ1v) is 20.4. The molecule has 2 atom stereocenters. The standard InChI is InChI=1S/C39H68N4O15/c1-30(44)16-17-31(38(51)52)43-36(48)29-58-27-25-56-23-21-41-35(47)28-57-26-24-55-22-20-40-33(45)19-18-32(39(53)54)42-34(46)14-12-10-8-6-4-2-3-5-7-9-11-13-15-37(49)50/h31-32H,2-29H2,1H3,(H,40,45)(H,41,47)(H,42,46)(H,43,48)(H,49,50)(H,51,52)(H,53,54). The van der Waals surface area contributed by atoms with Crippen molar-refractivity contribution in [3.63, 3.8) is 0 Å². The summed E-state index contributed by atoms with van der Waals surface area (Å²) in [6.07, 6.45) is 12.6. The van der Waals surface area contributed by atoms with Crippen LogP contribution in [0.2, 0.25) is 0 Å². The van der Waals surface area contributed by atoms with Crippen LogP contribution in [0.3, 0.4) is 0 Å². The van der Waals surface area contributed by atoms with Crippen molar-refractivity contribution in [1.82, 2.24) is 21.3 Å². The predicted molar refractivity (Wildman–Crippen MR) is 210 cm³/mol. The highest BCUT2D eigenvalue weighted by Gasteiger charge is 2.21. The lowest BCUT2D eigenvalue weighted by atomic mass is 10.0. The second kappa shape index (κ2) is 37.1. The Balaban J connectivity index is 3.74. The summed E-state index contributed by atoms with van der Waals surface area (Å²) in [4.78, 5) is 92.5. The van der Waals surface area contributed by atoms with Crippen LogP contribution in [0, 0.1) is 0 Å². The molecule has 4 amide bonds. The molecule has 0 aliphatic heterocycles. The first kappa shape index (κ1) is 53.8. The van der Waals surface area contributed by atoms with Gasteiger partial charge in [-0.1, -0.05) is 64.2 Å². The van der Waals surface area contributed by atoms with Crippen molar-refractivity contribution < 1.29 is 72.6 Å². The minimum absolute atomic E-state index is 0.00913. The molecule has 0 aliphatic carbocycles. The Morgan fingerprint density at radius 1 is 0.431 bits per heavy atom. The van der Waals surface area contributed by atoms with Gasteiger partial charge in [0.25, 0.3) is 0 Å². The third-order valence-electron chi connectivity index (χ3n) is 8.60. The van der Waals surface area contributed by atoms with Crippen molar-refractivity contribution in [3.8, 4) is 0 Å². The smallest absolute Gasteiger partial charge is 0.326 e. The van der Waals surface area contributed by atoms with Crippen LogP contribution in [0.15, 0.2) is 0 Å². The fourth-order valence-corrected chi connectivity index (χ4v) is 5.40. The number of unbranched alkanes of at least 4 members (excludes halogenated alkanes) is 11. The van der Waals surface area contributed by atoms with Crippen LogP contribution in [0.25, 0.3) is 0 Å². The zero-order valence-electron chi connectivity index (χ0n) is 34.2. The van der Waals surface area contributed by atoms with Gasteiger partial charge in [-0.2, -0.15) is 0 Å². The number of carbonyl (C=O) groups is 8. The second-order valence-electron chi connectivity index (χ2n) is 13.9. The van der Waals surface area contributed by atoms with E-state index in [2.05, 4.69) is 21.3 Å². The molecule has 58 heavy (non-hydrogen) atoms. The molecular formula is C39H68N4O15. The average Bonchev–Trinajstić information content (AvgIpc) is 3.16. The molecule has 19 nitrogen and oxygen atoms in total. The molecule has 0 saturated heterocycles. The molecule has 0 rings (SSSR count). The largest absolute Gasteiger partial charge is 0.481 e. The lowest BCUT2D eigenvalue weighted by Gasteiger charge is -2.14. The van der Waals surface area contributed by atoms with E-state index in [0.29, 0.717) is 6.42 Å². The molecule has 0 fully saturated rings. The Morgan fingerprint density at radius 2 is 0.828 bits per heavy atom.